The van der Waals surface area contributed by atoms with Crippen molar-refractivity contribution in [3.05, 3.63) is 0 Å². The summed E-state index contributed by atoms with van der Waals surface area (Å²) in [5.74, 6) is 0. The number of tetrazole rings is 1. The largest absolute Gasteiger partial charge is 0.465 e. The summed E-state index contributed by atoms with van der Waals surface area (Å²) in [6.45, 7) is 1.19. The van der Waals surface area contributed by atoms with E-state index in [-0.39, 0.29) is 0 Å². The summed E-state index contributed by atoms with van der Waals surface area (Å²) in [7, 11) is 1.80. The van der Waals surface area contributed by atoms with Gasteiger partial charge in [0.1, 0.15) is 0 Å². The maximum Gasteiger partial charge on any atom is 0.407 e. The second-order valence-electron chi connectivity index (χ2n) is 3.67. The van der Waals surface area contributed by atoms with E-state index < -0.39 is 6.09 Å². The highest BCUT2D eigenvalue weighted by atomic mass is 32.2. The van der Waals surface area contributed by atoms with Crippen LogP contribution in [0.2, 0.25) is 0 Å². The first-order chi connectivity index (χ1) is 7.66. The summed E-state index contributed by atoms with van der Waals surface area (Å²) in [5, 5.41) is 21.2. The molecule has 0 unspecified atom stereocenters. The summed E-state index contributed by atoms with van der Waals surface area (Å²) >= 11 is 1.62. The van der Waals surface area contributed by atoms with Crippen LogP contribution in [0, 0.1) is 0 Å². The minimum atomic E-state index is -0.830. The predicted octanol–water partition coefficient (Wildman–Crippen LogP) is 0.445. The Labute approximate surface area is 96.8 Å². The molecule has 1 aliphatic heterocycles. The predicted molar refractivity (Wildman–Crippen MR) is 57.3 cm³/mol. The maximum atomic E-state index is 10.7. The number of likely N-dealkylation sites (tertiary alicyclic amines) is 1. The molecule has 0 radical (unpaired) electrons. The highest BCUT2D eigenvalue weighted by Gasteiger charge is 2.24. The van der Waals surface area contributed by atoms with Gasteiger partial charge in [-0.1, -0.05) is 11.8 Å². The van der Waals surface area contributed by atoms with E-state index in [1.165, 1.54) is 4.90 Å². The van der Waals surface area contributed by atoms with Crippen molar-refractivity contribution < 1.29 is 9.90 Å². The molecular formula is C8H13N5O2S. The van der Waals surface area contributed by atoms with E-state index >= 15 is 0 Å². The Hall–Kier alpha value is -1.31. The van der Waals surface area contributed by atoms with Gasteiger partial charge in [-0.05, 0) is 23.3 Å². The average molecular weight is 243 g/mol. The molecule has 88 valence electrons. The Kier molecular flexibility index (Phi) is 3.28. The molecule has 0 atom stereocenters. The molecule has 0 spiro atoms. The fourth-order valence-electron chi connectivity index (χ4n) is 1.64. The topological polar surface area (TPSA) is 84.1 Å². The lowest BCUT2D eigenvalue weighted by molar-refractivity contribution is 0.136. The summed E-state index contributed by atoms with van der Waals surface area (Å²) in [4.78, 5) is 12.2. The van der Waals surface area contributed by atoms with E-state index in [4.69, 9.17) is 5.11 Å². The SMILES string of the molecule is Cn1nnnc1SC1CCN(C(=O)O)CC1. The molecule has 0 aromatic carbocycles. The van der Waals surface area contributed by atoms with Crippen molar-refractivity contribution in [2.45, 2.75) is 23.2 Å². The minimum absolute atomic E-state index is 0.403. The Morgan fingerprint density at radius 2 is 2.19 bits per heavy atom. The number of rotatable bonds is 2. The number of aromatic nitrogens is 4. The van der Waals surface area contributed by atoms with Gasteiger partial charge < -0.3 is 10.0 Å². The van der Waals surface area contributed by atoms with E-state index in [1.54, 1.807) is 23.5 Å². The zero-order chi connectivity index (χ0) is 11.5. The van der Waals surface area contributed by atoms with Crippen LogP contribution in [0.5, 0.6) is 0 Å². The number of hydrogen-bond donors (Lipinski definition) is 1. The second-order valence-corrected chi connectivity index (χ2v) is 4.94. The summed E-state index contributed by atoms with van der Waals surface area (Å²) in [6.07, 6.45) is 0.872. The van der Waals surface area contributed by atoms with Gasteiger partial charge in [0.05, 0.1) is 0 Å². The smallest absolute Gasteiger partial charge is 0.407 e. The number of thioether (sulfide) groups is 1. The molecule has 1 N–H and O–H groups in total. The molecule has 1 fully saturated rings. The maximum absolute atomic E-state index is 10.7. The van der Waals surface area contributed by atoms with Crippen molar-refractivity contribution in [3.8, 4) is 0 Å². The third-order valence-corrected chi connectivity index (χ3v) is 3.93. The van der Waals surface area contributed by atoms with Crippen molar-refractivity contribution >= 4 is 17.9 Å². The van der Waals surface area contributed by atoms with E-state index in [0.29, 0.717) is 18.3 Å². The van der Waals surface area contributed by atoms with Gasteiger partial charge in [0.15, 0.2) is 0 Å². The van der Waals surface area contributed by atoms with Crippen LogP contribution < -0.4 is 0 Å². The highest BCUT2D eigenvalue weighted by Crippen LogP contribution is 2.28. The van der Waals surface area contributed by atoms with Crippen LogP contribution in [0.4, 0.5) is 4.79 Å². The molecule has 1 saturated heterocycles. The summed E-state index contributed by atoms with van der Waals surface area (Å²) in [6, 6.07) is 0. The molecule has 0 saturated carbocycles. The number of carbonyl (C=O) groups is 1. The van der Waals surface area contributed by atoms with Gasteiger partial charge in [-0.3, -0.25) is 0 Å². The molecule has 1 amide bonds. The van der Waals surface area contributed by atoms with Crippen molar-refractivity contribution in [1.82, 2.24) is 25.1 Å². The lowest BCUT2D eigenvalue weighted by atomic mass is 10.1. The molecule has 2 rings (SSSR count). The molecular weight excluding hydrogens is 230 g/mol. The van der Waals surface area contributed by atoms with Crippen molar-refractivity contribution in [2.75, 3.05) is 13.1 Å². The fourth-order valence-corrected chi connectivity index (χ4v) is 2.65. The van der Waals surface area contributed by atoms with Gasteiger partial charge in [-0.15, -0.1) is 5.10 Å². The fraction of sp³-hybridized carbons (Fsp3) is 0.750. The van der Waals surface area contributed by atoms with E-state index in [9.17, 15) is 4.79 Å². The zero-order valence-electron chi connectivity index (χ0n) is 8.91. The Morgan fingerprint density at radius 3 is 2.69 bits per heavy atom. The number of nitrogens with zero attached hydrogens (tertiary/aromatic N) is 5. The Bertz CT molecular complexity index is 374. The molecule has 1 aliphatic rings. The molecule has 7 nitrogen and oxygen atoms in total. The third kappa shape index (κ3) is 2.43. The van der Waals surface area contributed by atoms with Crippen molar-refractivity contribution in [3.63, 3.8) is 0 Å². The van der Waals surface area contributed by atoms with Gasteiger partial charge in [0, 0.05) is 25.4 Å². The van der Waals surface area contributed by atoms with Crippen LogP contribution in [0.3, 0.4) is 0 Å². The second kappa shape index (κ2) is 4.69. The number of carboxylic acid groups (broad SMARTS) is 1. The zero-order valence-corrected chi connectivity index (χ0v) is 9.72. The summed E-state index contributed by atoms with van der Waals surface area (Å²) < 4.78 is 1.63. The molecule has 2 heterocycles. The lowest BCUT2D eigenvalue weighted by Crippen LogP contribution is -2.38. The number of piperidine rings is 1. The first-order valence-corrected chi connectivity index (χ1v) is 5.91. The third-order valence-electron chi connectivity index (χ3n) is 2.57. The van der Waals surface area contributed by atoms with Crippen molar-refractivity contribution in [1.29, 1.82) is 0 Å². The Morgan fingerprint density at radius 1 is 1.50 bits per heavy atom. The van der Waals surface area contributed by atoms with Crippen LogP contribution in [-0.2, 0) is 7.05 Å². The van der Waals surface area contributed by atoms with Crippen LogP contribution >= 0.6 is 11.8 Å². The number of amides is 1. The quantitative estimate of drug-likeness (QED) is 0.811. The standard InChI is InChI=1S/C8H13N5O2S/c1-12-7(9-10-11-12)16-6-2-4-13(5-3-6)8(14)15/h6H,2-5H2,1H3,(H,14,15). The monoisotopic (exact) mass is 243 g/mol. The average Bonchev–Trinajstić information content (AvgIpc) is 2.65. The van der Waals surface area contributed by atoms with E-state index in [2.05, 4.69) is 15.5 Å². The molecule has 1 aromatic heterocycles. The van der Waals surface area contributed by atoms with Crippen LogP contribution in [-0.4, -0.2) is 54.6 Å². The highest BCUT2D eigenvalue weighted by molar-refractivity contribution is 7.99. The normalized spacial score (nSPS) is 17.7. The van der Waals surface area contributed by atoms with Gasteiger partial charge in [-0.25, -0.2) is 9.48 Å². The van der Waals surface area contributed by atoms with E-state index in [0.717, 1.165) is 18.0 Å². The Balaban J connectivity index is 1.86. The van der Waals surface area contributed by atoms with Crippen LogP contribution in [0.15, 0.2) is 5.16 Å². The van der Waals surface area contributed by atoms with Gasteiger partial charge in [-0.2, -0.15) is 0 Å². The number of hydrogen-bond acceptors (Lipinski definition) is 5. The van der Waals surface area contributed by atoms with Crippen LogP contribution in [0.25, 0.3) is 0 Å². The van der Waals surface area contributed by atoms with Crippen molar-refractivity contribution in [2.24, 2.45) is 7.05 Å². The minimum Gasteiger partial charge on any atom is -0.465 e. The van der Waals surface area contributed by atoms with Crippen LogP contribution in [0.1, 0.15) is 12.8 Å². The van der Waals surface area contributed by atoms with Gasteiger partial charge >= 0.3 is 6.09 Å². The van der Waals surface area contributed by atoms with E-state index in [1.807, 2.05) is 0 Å². The lowest BCUT2D eigenvalue weighted by Gasteiger charge is -2.28. The molecule has 16 heavy (non-hydrogen) atoms. The molecule has 1 aromatic rings. The van der Waals surface area contributed by atoms with Gasteiger partial charge in [0.2, 0.25) is 5.16 Å². The first-order valence-electron chi connectivity index (χ1n) is 5.03. The number of aryl methyl sites for hydroxylation is 1. The molecule has 8 heteroatoms. The first kappa shape index (κ1) is 11.2. The molecule has 0 aliphatic carbocycles. The summed E-state index contributed by atoms with van der Waals surface area (Å²) in [5.41, 5.74) is 0. The molecule has 0 bridgehead atoms. The van der Waals surface area contributed by atoms with Gasteiger partial charge in [0.25, 0.3) is 0 Å².